The average Bonchev–Trinajstić information content (AvgIpc) is 3.12. The van der Waals surface area contributed by atoms with Gasteiger partial charge in [-0.3, -0.25) is 5.01 Å². The van der Waals surface area contributed by atoms with Crippen LogP contribution in [0.15, 0.2) is 23.7 Å². The van der Waals surface area contributed by atoms with Gasteiger partial charge in [0.1, 0.15) is 12.0 Å². The van der Waals surface area contributed by atoms with E-state index in [9.17, 15) is 0 Å². The highest BCUT2D eigenvalue weighted by atomic mass is 15.5. The number of aromatic amines is 1. The van der Waals surface area contributed by atoms with Crippen LogP contribution in [0.25, 0.3) is 11.0 Å². The summed E-state index contributed by atoms with van der Waals surface area (Å²) in [6, 6.07) is 4.46. The zero-order valence-electron chi connectivity index (χ0n) is 11.3. The summed E-state index contributed by atoms with van der Waals surface area (Å²) in [5.74, 6) is 0.181. The Balaban J connectivity index is 1.76. The van der Waals surface area contributed by atoms with Crippen LogP contribution in [0.3, 0.4) is 0 Å². The summed E-state index contributed by atoms with van der Waals surface area (Å²) in [7, 11) is 0. The zero-order valence-corrected chi connectivity index (χ0v) is 11.3. The Bertz CT molecular complexity index is 668. The summed E-state index contributed by atoms with van der Waals surface area (Å²) in [5, 5.41) is 16.2. The lowest BCUT2D eigenvalue weighted by molar-refractivity contribution is 0.226. The number of nitrogens with zero attached hydrogens (tertiary/aromatic N) is 5. The summed E-state index contributed by atoms with van der Waals surface area (Å²) >= 11 is 0. The maximum atomic E-state index is 8.66. The second-order valence-corrected chi connectivity index (χ2v) is 5.04. The number of hydrogen-bond acceptors (Lipinski definition) is 5. The molecule has 3 rings (SSSR count). The average molecular weight is 268 g/mol. The Labute approximate surface area is 117 Å². The quantitative estimate of drug-likeness (QED) is 0.920. The molecule has 2 atom stereocenters. The standard InChI is InChI=1S/C14H16N6/c1-10(3-2-5-15)20-8-11(7-19-20)13-12-4-6-16-14(12)18-9-17-13/h4,6-7,9-11H,2-3,8H2,1H3,(H,16,17,18). The third-order valence-electron chi connectivity index (χ3n) is 3.70. The van der Waals surface area contributed by atoms with Crippen molar-refractivity contribution in [1.29, 1.82) is 5.26 Å². The number of nitrogens with one attached hydrogen (secondary N) is 1. The highest BCUT2D eigenvalue weighted by molar-refractivity contribution is 5.83. The van der Waals surface area contributed by atoms with E-state index in [1.54, 1.807) is 6.33 Å². The number of hydrazone groups is 1. The molecular weight excluding hydrogens is 252 g/mol. The van der Waals surface area contributed by atoms with Gasteiger partial charge in [0.05, 0.1) is 17.7 Å². The number of nitriles is 1. The minimum absolute atomic E-state index is 0.181. The van der Waals surface area contributed by atoms with Gasteiger partial charge >= 0.3 is 0 Å². The second-order valence-electron chi connectivity index (χ2n) is 5.04. The number of fused-ring (bicyclic) bond motifs is 1. The molecule has 1 N–H and O–H groups in total. The molecule has 2 unspecified atom stereocenters. The molecule has 102 valence electrons. The Morgan fingerprint density at radius 1 is 1.55 bits per heavy atom. The van der Waals surface area contributed by atoms with Gasteiger partial charge in [0.25, 0.3) is 0 Å². The molecule has 0 amide bonds. The molecular formula is C14H16N6. The van der Waals surface area contributed by atoms with E-state index in [0.29, 0.717) is 6.42 Å². The Kier molecular flexibility index (Phi) is 3.33. The maximum absolute atomic E-state index is 8.66. The van der Waals surface area contributed by atoms with Crippen LogP contribution < -0.4 is 0 Å². The van der Waals surface area contributed by atoms with Crippen molar-refractivity contribution < 1.29 is 0 Å². The summed E-state index contributed by atoms with van der Waals surface area (Å²) in [6.45, 7) is 2.91. The summed E-state index contributed by atoms with van der Waals surface area (Å²) < 4.78 is 0. The van der Waals surface area contributed by atoms with Crippen molar-refractivity contribution in [2.75, 3.05) is 6.54 Å². The summed E-state index contributed by atoms with van der Waals surface area (Å²) in [5.41, 5.74) is 1.87. The van der Waals surface area contributed by atoms with E-state index in [4.69, 9.17) is 5.26 Å². The number of aromatic nitrogens is 3. The van der Waals surface area contributed by atoms with Crippen LogP contribution in [0.2, 0.25) is 0 Å². The smallest absolute Gasteiger partial charge is 0.140 e. The minimum atomic E-state index is 0.181. The SMILES string of the molecule is CC(CCC#N)N1CC(c2ncnc3[nH]ccc23)C=N1. The highest BCUT2D eigenvalue weighted by Crippen LogP contribution is 2.26. The van der Waals surface area contributed by atoms with E-state index in [-0.39, 0.29) is 12.0 Å². The van der Waals surface area contributed by atoms with E-state index in [2.05, 4.69) is 33.0 Å². The van der Waals surface area contributed by atoms with Gasteiger partial charge in [0.15, 0.2) is 0 Å². The van der Waals surface area contributed by atoms with Crippen molar-refractivity contribution >= 4 is 17.2 Å². The van der Waals surface area contributed by atoms with Crippen molar-refractivity contribution in [3.05, 3.63) is 24.3 Å². The molecule has 0 aliphatic carbocycles. The highest BCUT2D eigenvalue weighted by Gasteiger charge is 2.25. The Morgan fingerprint density at radius 2 is 2.45 bits per heavy atom. The van der Waals surface area contributed by atoms with E-state index >= 15 is 0 Å². The molecule has 2 aromatic heterocycles. The zero-order chi connectivity index (χ0) is 13.9. The Morgan fingerprint density at radius 3 is 3.30 bits per heavy atom. The molecule has 0 fully saturated rings. The first-order valence-corrected chi connectivity index (χ1v) is 6.75. The molecule has 1 aliphatic heterocycles. The third kappa shape index (κ3) is 2.23. The number of hydrogen-bond donors (Lipinski definition) is 1. The summed E-state index contributed by atoms with van der Waals surface area (Å²) in [4.78, 5) is 11.7. The van der Waals surface area contributed by atoms with Crippen LogP contribution in [0.1, 0.15) is 31.4 Å². The molecule has 1 aliphatic rings. The number of rotatable bonds is 4. The van der Waals surface area contributed by atoms with Crippen LogP contribution >= 0.6 is 0 Å². The fourth-order valence-electron chi connectivity index (χ4n) is 2.52. The maximum Gasteiger partial charge on any atom is 0.140 e. The van der Waals surface area contributed by atoms with Crippen LogP contribution in [-0.2, 0) is 0 Å². The molecule has 0 spiro atoms. The number of H-pyrrole nitrogens is 1. The fourth-order valence-corrected chi connectivity index (χ4v) is 2.52. The largest absolute Gasteiger partial charge is 0.346 e. The van der Waals surface area contributed by atoms with Gasteiger partial charge in [-0.1, -0.05) is 0 Å². The van der Waals surface area contributed by atoms with Crippen molar-refractivity contribution in [1.82, 2.24) is 20.0 Å². The van der Waals surface area contributed by atoms with Gasteiger partial charge in [-0.25, -0.2) is 9.97 Å². The Hall–Kier alpha value is -2.42. The molecule has 3 heterocycles. The van der Waals surface area contributed by atoms with Crippen LogP contribution in [-0.4, -0.2) is 38.8 Å². The van der Waals surface area contributed by atoms with Crippen LogP contribution in [0.4, 0.5) is 0 Å². The minimum Gasteiger partial charge on any atom is -0.346 e. The third-order valence-corrected chi connectivity index (χ3v) is 3.70. The lowest BCUT2D eigenvalue weighted by atomic mass is 10.0. The molecule has 0 bridgehead atoms. The summed E-state index contributed by atoms with van der Waals surface area (Å²) in [6.07, 6.45) is 6.81. The van der Waals surface area contributed by atoms with Gasteiger partial charge in [-0.15, -0.1) is 0 Å². The van der Waals surface area contributed by atoms with E-state index < -0.39 is 0 Å². The first-order valence-electron chi connectivity index (χ1n) is 6.75. The van der Waals surface area contributed by atoms with Gasteiger partial charge in [0, 0.05) is 36.8 Å². The van der Waals surface area contributed by atoms with Gasteiger partial charge in [-0.05, 0) is 19.4 Å². The fraction of sp³-hybridized carbons (Fsp3) is 0.429. The van der Waals surface area contributed by atoms with Crippen LogP contribution in [0, 0.1) is 11.3 Å². The molecule has 0 radical (unpaired) electrons. The van der Waals surface area contributed by atoms with E-state index in [1.165, 1.54) is 0 Å². The van der Waals surface area contributed by atoms with Crippen molar-refractivity contribution in [3.63, 3.8) is 0 Å². The lowest BCUT2D eigenvalue weighted by Gasteiger charge is -2.22. The molecule has 2 aromatic rings. The topological polar surface area (TPSA) is 81.0 Å². The molecule has 0 saturated heterocycles. The van der Waals surface area contributed by atoms with Crippen molar-refractivity contribution in [3.8, 4) is 6.07 Å². The van der Waals surface area contributed by atoms with Crippen molar-refractivity contribution in [2.45, 2.75) is 31.7 Å². The van der Waals surface area contributed by atoms with Crippen LogP contribution in [0.5, 0.6) is 0 Å². The van der Waals surface area contributed by atoms with Gasteiger partial charge < -0.3 is 4.98 Å². The molecule has 0 aromatic carbocycles. The van der Waals surface area contributed by atoms with Gasteiger partial charge in [-0.2, -0.15) is 10.4 Å². The van der Waals surface area contributed by atoms with Crippen molar-refractivity contribution in [2.24, 2.45) is 5.10 Å². The lowest BCUT2D eigenvalue weighted by Crippen LogP contribution is -2.27. The second kappa shape index (κ2) is 5.29. The normalized spacial score (nSPS) is 19.4. The van der Waals surface area contributed by atoms with Gasteiger partial charge in [0.2, 0.25) is 0 Å². The van der Waals surface area contributed by atoms with E-state index in [0.717, 1.165) is 29.7 Å². The predicted octanol–water partition coefficient (Wildman–Crippen LogP) is 2.04. The molecule has 0 saturated carbocycles. The molecule has 20 heavy (non-hydrogen) atoms. The molecule has 6 nitrogen and oxygen atoms in total. The van der Waals surface area contributed by atoms with E-state index in [1.807, 2.05) is 23.5 Å². The predicted molar refractivity (Wildman–Crippen MR) is 76.1 cm³/mol. The first kappa shape index (κ1) is 12.6. The first-order chi connectivity index (χ1) is 9.79. The molecule has 6 heteroatoms. The monoisotopic (exact) mass is 268 g/mol.